The number of carbonyl (C=O) groups is 1. The minimum atomic E-state index is -3.87. The number of hydrogen-bond acceptors (Lipinski definition) is 3. The summed E-state index contributed by atoms with van der Waals surface area (Å²) in [4.78, 5) is 10.9. The van der Waals surface area contributed by atoms with Gasteiger partial charge in [0.1, 0.15) is 0 Å². The van der Waals surface area contributed by atoms with Gasteiger partial charge in [-0.15, -0.1) is 6.42 Å². The molecule has 19 heavy (non-hydrogen) atoms. The molecule has 0 spiro atoms. The smallest absolute Gasteiger partial charge is 0.336 e. The highest BCUT2D eigenvalue weighted by molar-refractivity contribution is 7.89. The predicted octanol–water partition coefficient (Wildman–Crippen LogP) is 1.60. The number of sulfonamides is 1. The molecule has 0 aliphatic rings. The third-order valence-electron chi connectivity index (χ3n) is 2.56. The molecule has 1 aromatic rings. The van der Waals surface area contributed by atoms with E-state index in [1.807, 2.05) is 0 Å². The van der Waals surface area contributed by atoms with Gasteiger partial charge in [-0.2, -0.15) is 4.31 Å². The summed E-state index contributed by atoms with van der Waals surface area (Å²) in [5, 5.41) is 9.06. The Balaban J connectivity index is 3.52. The highest BCUT2D eigenvalue weighted by atomic mass is 35.5. The van der Waals surface area contributed by atoms with Crippen LogP contribution in [-0.2, 0) is 10.0 Å². The van der Waals surface area contributed by atoms with E-state index < -0.39 is 16.0 Å². The summed E-state index contributed by atoms with van der Waals surface area (Å²) in [6.45, 7) is 1.30. The standard InChI is InChI=1S/C12H12ClNO4S/c1-4-5-14(3)19(17,18)11-7-9(13)6-10(8(11)2)12(15)16/h1,6-7H,5H2,2-3H3,(H,15,16). The van der Waals surface area contributed by atoms with E-state index in [9.17, 15) is 13.2 Å². The predicted molar refractivity (Wildman–Crippen MR) is 71.8 cm³/mol. The van der Waals surface area contributed by atoms with Crippen LogP contribution in [0.25, 0.3) is 0 Å². The number of rotatable bonds is 4. The van der Waals surface area contributed by atoms with E-state index in [1.165, 1.54) is 26.1 Å². The molecule has 0 saturated heterocycles. The summed E-state index contributed by atoms with van der Waals surface area (Å²) in [6, 6.07) is 2.42. The van der Waals surface area contributed by atoms with Gasteiger partial charge in [0.05, 0.1) is 17.0 Å². The fraction of sp³-hybridized carbons (Fsp3) is 0.250. The molecule has 0 fully saturated rings. The molecule has 0 saturated carbocycles. The first kappa shape index (κ1) is 15.5. The molecule has 0 bridgehead atoms. The van der Waals surface area contributed by atoms with Gasteiger partial charge in [-0.05, 0) is 24.6 Å². The zero-order valence-corrected chi connectivity index (χ0v) is 11.9. The van der Waals surface area contributed by atoms with Gasteiger partial charge in [-0.25, -0.2) is 13.2 Å². The molecule has 0 aliphatic carbocycles. The van der Waals surface area contributed by atoms with E-state index in [0.29, 0.717) is 0 Å². The molecule has 0 aromatic heterocycles. The molecule has 1 rings (SSSR count). The van der Waals surface area contributed by atoms with Crippen molar-refractivity contribution >= 4 is 27.6 Å². The van der Waals surface area contributed by atoms with Crippen LogP contribution < -0.4 is 0 Å². The SMILES string of the molecule is C#CCN(C)S(=O)(=O)c1cc(Cl)cc(C(=O)O)c1C. The zero-order chi connectivity index (χ0) is 14.8. The second-order valence-electron chi connectivity index (χ2n) is 3.85. The van der Waals surface area contributed by atoms with E-state index >= 15 is 0 Å². The maximum absolute atomic E-state index is 12.2. The zero-order valence-electron chi connectivity index (χ0n) is 10.3. The van der Waals surface area contributed by atoms with Gasteiger partial charge in [0.2, 0.25) is 10.0 Å². The number of aromatic carboxylic acids is 1. The lowest BCUT2D eigenvalue weighted by Crippen LogP contribution is -2.28. The number of halogens is 1. The van der Waals surface area contributed by atoms with Crippen LogP contribution in [0.3, 0.4) is 0 Å². The van der Waals surface area contributed by atoms with Crippen molar-refractivity contribution in [2.75, 3.05) is 13.6 Å². The van der Waals surface area contributed by atoms with Crippen LogP contribution in [0.5, 0.6) is 0 Å². The van der Waals surface area contributed by atoms with Gasteiger partial charge >= 0.3 is 5.97 Å². The summed E-state index contributed by atoms with van der Waals surface area (Å²) in [6.07, 6.45) is 5.07. The van der Waals surface area contributed by atoms with Crippen molar-refractivity contribution in [3.63, 3.8) is 0 Å². The van der Waals surface area contributed by atoms with Crippen molar-refractivity contribution in [1.29, 1.82) is 0 Å². The van der Waals surface area contributed by atoms with Crippen LogP contribution in [-0.4, -0.2) is 37.4 Å². The summed E-state index contributed by atoms with van der Waals surface area (Å²) in [5.74, 6) is 0.972. The van der Waals surface area contributed by atoms with Crippen LogP contribution in [0, 0.1) is 19.3 Å². The van der Waals surface area contributed by atoms with Gasteiger partial charge in [-0.3, -0.25) is 0 Å². The van der Waals surface area contributed by atoms with Crippen molar-refractivity contribution in [2.45, 2.75) is 11.8 Å². The van der Waals surface area contributed by atoms with Crippen molar-refractivity contribution in [3.8, 4) is 12.3 Å². The lowest BCUT2D eigenvalue weighted by Gasteiger charge is -2.17. The van der Waals surface area contributed by atoms with Crippen LogP contribution in [0.15, 0.2) is 17.0 Å². The molecule has 0 radical (unpaired) electrons. The molecule has 5 nitrogen and oxygen atoms in total. The minimum absolute atomic E-state index is 0.0377. The van der Waals surface area contributed by atoms with Crippen LogP contribution in [0.1, 0.15) is 15.9 Å². The van der Waals surface area contributed by atoms with Crippen molar-refractivity contribution in [2.24, 2.45) is 0 Å². The first-order valence-electron chi connectivity index (χ1n) is 5.15. The number of hydrogen-bond donors (Lipinski definition) is 1. The maximum Gasteiger partial charge on any atom is 0.336 e. The monoisotopic (exact) mass is 301 g/mol. The molecule has 1 aromatic carbocycles. The Morgan fingerprint density at radius 2 is 2.11 bits per heavy atom. The Labute approximate surface area is 116 Å². The Hall–Kier alpha value is -1.55. The molecule has 1 N–H and O–H groups in total. The first-order chi connectivity index (χ1) is 8.71. The maximum atomic E-state index is 12.2. The second-order valence-corrected chi connectivity index (χ2v) is 6.30. The topological polar surface area (TPSA) is 74.7 Å². The number of nitrogens with zero attached hydrogens (tertiary/aromatic N) is 1. The van der Waals surface area contributed by atoms with E-state index in [2.05, 4.69) is 5.92 Å². The summed E-state index contributed by atoms with van der Waals surface area (Å²) in [5.41, 5.74) is -0.0269. The van der Waals surface area contributed by atoms with Gasteiger partial charge < -0.3 is 5.11 Å². The van der Waals surface area contributed by atoms with E-state index in [1.54, 1.807) is 0 Å². The van der Waals surface area contributed by atoms with Crippen molar-refractivity contribution < 1.29 is 18.3 Å². The number of terminal acetylenes is 1. The molecule has 0 unspecified atom stereocenters. The lowest BCUT2D eigenvalue weighted by molar-refractivity contribution is 0.0696. The molecular weight excluding hydrogens is 290 g/mol. The molecule has 0 atom stereocenters. The average molecular weight is 302 g/mol. The third-order valence-corrected chi connectivity index (χ3v) is 4.71. The Kier molecular flexibility index (Phi) is 4.58. The first-order valence-corrected chi connectivity index (χ1v) is 6.97. The molecule has 0 heterocycles. The van der Waals surface area contributed by atoms with Crippen LogP contribution in [0.4, 0.5) is 0 Å². The summed E-state index contributed by atoms with van der Waals surface area (Å²) >= 11 is 5.77. The quantitative estimate of drug-likeness (QED) is 0.857. The number of carboxylic acids is 1. The van der Waals surface area contributed by atoms with Crippen LogP contribution in [0.2, 0.25) is 5.02 Å². The normalized spacial score (nSPS) is 11.3. The fourth-order valence-electron chi connectivity index (χ4n) is 1.53. The number of carboxylic acid groups (broad SMARTS) is 1. The molecule has 0 amide bonds. The molecule has 0 aliphatic heterocycles. The molecular formula is C12H12ClNO4S. The van der Waals surface area contributed by atoms with E-state index in [4.69, 9.17) is 23.1 Å². The van der Waals surface area contributed by atoms with Crippen LogP contribution >= 0.6 is 11.6 Å². The Bertz CT molecular complexity index is 661. The third kappa shape index (κ3) is 3.07. The summed E-state index contributed by atoms with van der Waals surface area (Å²) in [7, 11) is -2.55. The lowest BCUT2D eigenvalue weighted by atomic mass is 10.1. The van der Waals surface area contributed by atoms with Gasteiger partial charge in [-0.1, -0.05) is 17.5 Å². The van der Waals surface area contributed by atoms with Crippen molar-refractivity contribution in [3.05, 3.63) is 28.3 Å². The largest absolute Gasteiger partial charge is 0.478 e. The molecule has 102 valence electrons. The van der Waals surface area contributed by atoms with Crippen molar-refractivity contribution in [1.82, 2.24) is 4.31 Å². The highest BCUT2D eigenvalue weighted by Gasteiger charge is 2.25. The highest BCUT2D eigenvalue weighted by Crippen LogP contribution is 2.26. The van der Waals surface area contributed by atoms with E-state index in [0.717, 1.165) is 4.31 Å². The van der Waals surface area contributed by atoms with Gasteiger partial charge in [0, 0.05) is 12.1 Å². The van der Waals surface area contributed by atoms with E-state index in [-0.39, 0.29) is 27.6 Å². The Morgan fingerprint density at radius 3 is 2.58 bits per heavy atom. The average Bonchev–Trinajstić information content (AvgIpc) is 2.31. The van der Waals surface area contributed by atoms with Gasteiger partial charge in [0.15, 0.2) is 0 Å². The summed E-state index contributed by atoms with van der Waals surface area (Å²) < 4.78 is 25.5. The Morgan fingerprint density at radius 1 is 1.53 bits per heavy atom. The second kappa shape index (κ2) is 5.61. The fourth-order valence-corrected chi connectivity index (χ4v) is 3.16. The molecule has 7 heteroatoms. The minimum Gasteiger partial charge on any atom is -0.478 e. The number of benzene rings is 1. The van der Waals surface area contributed by atoms with Gasteiger partial charge in [0.25, 0.3) is 0 Å².